The number of hydrogen-bond donors (Lipinski definition) is 0. The van der Waals surface area contributed by atoms with Crippen molar-refractivity contribution in [2.45, 2.75) is 6.54 Å². The molecule has 0 N–H and O–H groups in total. The van der Waals surface area contributed by atoms with Crippen molar-refractivity contribution in [3.05, 3.63) is 52.3 Å². The maximum absolute atomic E-state index is 13.4. The molecule has 0 bridgehead atoms. The van der Waals surface area contributed by atoms with E-state index in [1.54, 1.807) is 12.1 Å². The number of nitrogens with zero attached hydrogens (tertiary/aromatic N) is 2. The van der Waals surface area contributed by atoms with Crippen molar-refractivity contribution in [3.63, 3.8) is 0 Å². The Hall–Kier alpha value is -3.27. The van der Waals surface area contributed by atoms with Gasteiger partial charge in [-0.25, -0.2) is 8.78 Å². The number of thiazole rings is 1. The van der Waals surface area contributed by atoms with Gasteiger partial charge in [-0.15, -0.1) is 0 Å². The molecule has 1 aromatic heterocycles. The molecule has 0 saturated carbocycles. The van der Waals surface area contributed by atoms with E-state index >= 15 is 0 Å². The molecular formula is C19H16F2N2O5S. The number of carbonyl (C=O) groups excluding carboxylic acids is 2. The lowest BCUT2D eigenvalue weighted by Gasteiger charge is -2.09. The van der Waals surface area contributed by atoms with E-state index in [1.165, 1.54) is 25.9 Å². The molecule has 1 heterocycles. The number of aromatic nitrogens is 1. The number of amides is 1. The molecule has 3 aromatic rings. The molecule has 0 atom stereocenters. The minimum Gasteiger partial charge on any atom is -0.493 e. The normalized spacial score (nSPS) is 11.6. The van der Waals surface area contributed by atoms with Crippen molar-refractivity contribution in [1.82, 2.24) is 4.57 Å². The average Bonchev–Trinajstić information content (AvgIpc) is 3.04. The summed E-state index contributed by atoms with van der Waals surface area (Å²) in [7, 11) is 4.20. The third-order valence-electron chi connectivity index (χ3n) is 4.07. The molecule has 0 saturated heterocycles. The van der Waals surface area contributed by atoms with Gasteiger partial charge in [0.25, 0.3) is 5.91 Å². The monoisotopic (exact) mass is 422 g/mol. The molecule has 1 amide bonds. The first-order chi connectivity index (χ1) is 13.9. The van der Waals surface area contributed by atoms with Crippen LogP contribution in [0.4, 0.5) is 8.78 Å². The van der Waals surface area contributed by atoms with E-state index in [0.717, 1.165) is 29.5 Å². The summed E-state index contributed by atoms with van der Waals surface area (Å²) in [5.74, 6) is -2.67. The third-order valence-corrected chi connectivity index (χ3v) is 5.11. The first-order valence-electron chi connectivity index (χ1n) is 8.24. The highest BCUT2D eigenvalue weighted by atomic mass is 32.1. The predicted molar refractivity (Wildman–Crippen MR) is 101 cm³/mol. The first kappa shape index (κ1) is 20.5. The van der Waals surface area contributed by atoms with Gasteiger partial charge in [0.15, 0.2) is 27.9 Å². The lowest BCUT2D eigenvalue weighted by Crippen LogP contribution is -2.22. The lowest BCUT2D eigenvalue weighted by molar-refractivity contribution is -0.141. The summed E-state index contributed by atoms with van der Waals surface area (Å²) in [5.41, 5.74) is 0.441. The van der Waals surface area contributed by atoms with Gasteiger partial charge in [-0.2, -0.15) is 4.99 Å². The number of ether oxygens (including phenoxy) is 3. The van der Waals surface area contributed by atoms with Gasteiger partial charge in [0.05, 0.1) is 31.5 Å². The summed E-state index contributed by atoms with van der Waals surface area (Å²) in [5, 5.41) is 0. The Kier molecular flexibility index (Phi) is 5.92. The smallest absolute Gasteiger partial charge is 0.325 e. The second kappa shape index (κ2) is 8.39. The van der Waals surface area contributed by atoms with Crippen LogP contribution in [-0.2, 0) is 16.1 Å². The zero-order valence-corrected chi connectivity index (χ0v) is 16.5. The Balaban J connectivity index is 2.20. The van der Waals surface area contributed by atoms with Crippen LogP contribution in [0.3, 0.4) is 0 Å². The fourth-order valence-electron chi connectivity index (χ4n) is 2.61. The fourth-order valence-corrected chi connectivity index (χ4v) is 3.65. The molecule has 3 rings (SSSR count). The van der Waals surface area contributed by atoms with E-state index in [9.17, 15) is 18.4 Å². The van der Waals surface area contributed by atoms with Crippen molar-refractivity contribution in [1.29, 1.82) is 0 Å². The molecule has 0 aliphatic carbocycles. The molecule has 152 valence electrons. The van der Waals surface area contributed by atoms with Crippen LogP contribution < -0.4 is 14.3 Å². The lowest BCUT2D eigenvalue weighted by atomic mass is 10.2. The second-order valence-corrected chi connectivity index (χ2v) is 6.78. The van der Waals surface area contributed by atoms with E-state index in [4.69, 9.17) is 14.2 Å². The van der Waals surface area contributed by atoms with Gasteiger partial charge >= 0.3 is 5.97 Å². The molecule has 0 fully saturated rings. The Labute approximate surface area is 167 Å². The highest BCUT2D eigenvalue weighted by Crippen LogP contribution is 2.33. The van der Waals surface area contributed by atoms with E-state index in [0.29, 0.717) is 21.7 Å². The first-order valence-corrected chi connectivity index (χ1v) is 9.06. The Morgan fingerprint density at radius 1 is 1.03 bits per heavy atom. The van der Waals surface area contributed by atoms with Crippen molar-refractivity contribution < 1.29 is 32.6 Å². The maximum atomic E-state index is 13.4. The zero-order valence-electron chi connectivity index (χ0n) is 15.7. The van der Waals surface area contributed by atoms with Gasteiger partial charge in [-0.1, -0.05) is 11.3 Å². The largest absolute Gasteiger partial charge is 0.493 e. The van der Waals surface area contributed by atoms with Crippen LogP contribution >= 0.6 is 11.3 Å². The number of halogens is 2. The van der Waals surface area contributed by atoms with Crippen molar-refractivity contribution >= 4 is 33.4 Å². The van der Waals surface area contributed by atoms with Crippen LogP contribution in [0.1, 0.15) is 10.4 Å². The Bertz CT molecular complexity index is 1170. The van der Waals surface area contributed by atoms with Crippen molar-refractivity contribution in [2.24, 2.45) is 4.99 Å². The highest BCUT2D eigenvalue weighted by Gasteiger charge is 2.16. The standard InChI is InChI=1S/C19H16F2N2O5S/c1-26-14-7-13-16(8-15(14)27-2)29-19(23(13)9-17(24)28-3)22-18(25)10-4-5-11(20)12(21)6-10/h4-8H,9H2,1-3H3. The van der Waals surface area contributed by atoms with Crippen LogP contribution in [0.2, 0.25) is 0 Å². The zero-order chi connectivity index (χ0) is 21.1. The topological polar surface area (TPSA) is 79.1 Å². The van der Waals surface area contributed by atoms with E-state index in [2.05, 4.69) is 4.99 Å². The third kappa shape index (κ3) is 4.11. The van der Waals surface area contributed by atoms with Crippen LogP contribution in [0, 0.1) is 11.6 Å². The van der Waals surface area contributed by atoms with E-state index < -0.39 is 23.5 Å². The Morgan fingerprint density at radius 2 is 1.72 bits per heavy atom. The van der Waals surface area contributed by atoms with Crippen LogP contribution in [0.5, 0.6) is 11.5 Å². The summed E-state index contributed by atoms with van der Waals surface area (Å²) in [6, 6.07) is 6.09. The summed E-state index contributed by atoms with van der Waals surface area (Å²) in [4.78, 5) is 28.5. The molecule has 29 heavy (non-hydrogen) atoms. The van der Waals surface area contributed by atoms with Gasteiger partial charge in [0.1, 0.15) is 6.54 Å². The molecule has 0 spiro atoms. The van der Waals surface area contributed by atoms with E-state index in [1.807, 2.05) is 0 Å². The quantitative estimate of drug-likeness (QED) is 0.591. The fraction of sp³-hybridized carbons (Fsp3) is 0.211. The second-order valence-electron chi connectivity index (χ2n) is 5.77. The van der Waals surface area contributed by atoms with Crippen LogP contribution in [0.25, 0.3) is 10.2 Å². The summed E-state index contributed by atoms with van der Waals surface area (Å²) in [6.45, 7) is -0.212. The van der Waals surface area contributed by atoms with Gasteiger partial charge in [0, 0.05) is 17.7 Å². The minimum atomic E-state index is -1.15. The Morgan fingerprint density at radius 3 is 2.34 bits per heavy atom. The summed E-state index contributed by atoms with van der Waals surface area (Å²) in [6.07, 6.45) is 0. The molecule has 10 heteroatoms. The van der Waals surface area contributed by atoms with Gasteiger partial charge in [-0.3, -0.25) is 9.59 Å². The van der Waals surface area contributed by atoms with E-state index in [-0.39, 0.29) is 16.9 Å². The summed E-state index contributed by atoms with van der Waals surface area (Å²) >= 11 is 1.12. The molecule has 0 unspecified atom stereocenters. The maximum Gasteiger partial charge on any atom is 0.325 e. The van der Waals surface area contributed by atoms with Gasteiger partial charge < -0.3 is 18.8 Å². The van der Waals surface area contributed by atoms with Crippen LogP contribution in [-0.4, -0.2) is 37.8 Å². The number of rotatable bonds is 5. The number of esters is 1. The highest BCUT2D eigenvalue weighted by molar-refractivity contribution is 7.16. The molecule has 7 nitrogen and oxygen atoms in total. The van der Waals surface area contributed by atoms with Crippen molar-refractivity contribution in [2.75, 3.05) is 21.3 Å². The number of methoxy groups -OCH3 is 3. The van der Waals surface area contributed by atoms with Crippen molar-refractivity contribution in [3.8, 4) is 11.5 Å². The summed E-state index contributed by atoms with van der Waals surface area (Å²) < 4.78 is 44.0. The van der Waals surface area contributed by atoms with Crippen LogP contribution in [0.15, 0.2) is 35.3 Å². The predicted octanol–water partition coefficient (Wildman–Crippen LogP) is 2.91. The number of benzene rings is 2. The average molecular weight is 422 g/mol. The molecule has 0 radical (unpaired) electrons. The minimum absolute atomic E-state index is 0.124. The molecule has 0 aliphatic heterocycles. The molecular weight excluding hydrogens is 406 g/mol. The number of carbonyl (C=O) groups is 2. The number of fused-ring (bicyclic) bond motifs is 1. The van der Waals surface area contributed by atoms with Gasteiger partial charge in [-0.05, 0) is 18.2 Å². The number of hydrogen-bond acceptors (Lipinski definition) is 6. The molecule has 2 aromatic carbocycles. The SMILES string of the molecule is COC(=O)Cn1c(=NC(=O)c2ccc(F)c(F)c2)sc2cc(OC)c(OC)cc21. The molecule has 0 aliphatic rings. The van der Waals surface area contributed by atoms with Gasteiger partial charge in [0.2, 0.25) is 0 Å².